The first-order valence-corrected chi connectivity index (χ1v) is 10.5. The predicted octanol–water partition coefficient (Wildman–Crippen LogP) is 7.44. The topological polar surface area (TPSA) is 18.5 Å². The molecule has 0 saturated heterocycles. The van der Waals surface area contributed by atoms with Crippen LogP contribution in [0, 0.1) is 0 Å². The first-order valence-electron chi connectivity index (χ1n) is 10.5. The Hall–Kier alpha value is -0.860. The summed E-state index contributed by atoms with van der Waals surface area (Å²) in [4.78, 5) is 0. The molecule has 0 N–H and O–H groups in total. The van der Waals surface area contributed by atoms with Crippen LogP contribution in [-0.2, 0) is 9.47 Å². The van der Waals surface area contributed by atoms with Crippen LogP contribution >= 0.6 is 0 Å². The van der Waals surface area contributed by atoms with Crippen molar-refractivity contribution in [2.45, 2.75) is 110 Å². The van der Waals surface area contributed by atoms with E-state index in [1.165, 1.54) is 51.4 Å². The molecule has 144 valence electrons. The van der Waals surface area contributed by atoms with Gasteiger partial charge in [0.1, 0.15) is 0 Å². The molecule has 0 aliphatic heterocycles. The fourth-order valence-corrected chi connectivity index (χ4v) is 3.07. The minimum atomic E-state index is -0.247. The number of benzene rings is 1. The van der Waals surface area contributed by atoms with Gasteiger partial charge in [0.15, 0.2) is 6.29 Å². The summed E-state index contributed by atoms with van der Waals surface area (Å²) in [5.74, 6) is 0. The molecule has 0 aromatic heterocycles. The van der Waals surface area contributed by atoms with E-state index < -0.39 is 0 Å². The highest BCUT2D eigenvalue weighted by atomic mass is 16.7. The van der Waals surface area contributed by atoms with Gasteiger partial charge in [-0.05, 0) is 26.7 Å². The molecule has 2 unspecified atom stereocenters. The van der Waals surface area contributed by atoms with E-state index in [1.54, 1.807) is 0 Å². The Morgan fingerprint density at radius 1 is 0.680 bits per heavy atom. The van der Waals surface area contributed by atoms with E-state index >= 15 is 0 Å². The molecule has 0 bridgehead atoms. The maximum Gasteiger partial charge on any atom is 0.184 e. The van der Waals surface area contributed by atoms with Crippen molar-refractivity contribution in [2.24, 2.45) is 0 Å². The smallest absolute Gasteiger partial charge is 0.184 e. The van der Waals surface area contributed by atoms with Gasteiger partial charge in [0.05, 0.1) is 12.2 Å². The van der Waals surface area contributed by atoms with Crippen LogP contribution in [0.25, 0.3) is 0 Å². The maximum absolute atomic E-state index is 6.29. The van der Waals surface area contributed by atoms with Gasteiger partial charge in [-0.1, -0.05) is 95.5 Å². The predicted molar refractivity (Wildman–Crippen MR) is 108 cm³/mol. The van der Waals surface area contributed by atoms with E-state index in [1.807, 2.05) is 6.07 Å². The molecule has 0 fully saturated rings. The first-order chi connectivity index (χ1) is 12.2. The summed E-state index contributed by atoms with van der Waals surface area (Å²) in [6.45, 7) is 8.86. The van der Waals surface area contributed by atoms with Crippen LogP contribution in [-0.4, -0.2) is 12.2 Å². The molecule has 2 heteroatoms. The highest BCUT2D eigenvalue weighted by Crippen LogP contribution is 2.25. The SMILES string of the molecule is CCCCCCC(C)OC(OC(C)CCCCCC)c1ccccc1. The molecule has 0 heterocycles. The van der Waals surface area contributed by atoms with Gasteiger partial charge in [-0.3, -0.25) is 0 Å². The van der Waals surface area contributed by atoms with Crippen LogP contribution in [0.1, 0.15) is 104 Å². The quantitative estimate of drug-likeness (QED) is 0.242. The van der Waals surface area contributed by atoms with Gasteiger partial charge in [0.2, 0.25) is 0 Å². The van der Waals surface area contributed by atoms with E-state index in [9.17, 15) is 0 Å². The van der Waals surface area contributed by atoms with Crippen molar-refractivity contribution in [3.63, 3.8) is 0 Å². The molecule has 1 aromatic carbocycles. The Labute approximate surface area is 156 Å². The number of ether oxygens (including phenoxy) is 2. The molecule has 2 nitrogen and oxygen atoms in total. The maximum atomic E-state index is 6.29. The zero-order valence-corrected chi connectivity index (χ0v) is 17.0. The fraction of sp³-hybridized carbons (Fsp3) is 0.739. The Kier molecular flexibility index (Phi) is 12.7. The van der Waals surface area contributed by atoms with E-state index in [0.29, 0.717) is 0 Å². The van der Waals surface area contributed by atoms with Crippen LogP contribution in [0.2, 0.25) is 0 Å². The summed E-state index contributed by atoms with van der Waals surface area (Å²) in [5, 5.41) is 0. The lowest BCUT2D eigenvalue weighted by molar-refractivity contribution is -0.195. The normalized spacial score (nSPS) is 15.0. The number of hydrogen-bond donors (Lipinski definition) is 0. The Morgan fingerprint density at radius 2 is 1.16 bits per heavy atom. The first kappa shape index (κ1) is 22.2. The third-order valence-corrected chi connectivity index (χ3v) is 4.71. The largest absolute Gasteiger partial charge is 0.345 e. The van der Waals surface area contributed by atoms with Crippen molar-refractivity contribution in [1.29, 1.82) is 0 Å². The molecular weight excluding hydrogens is 308 g/mol. The van der Waals surface area contributed by atoms with Crippen LogP contribution in [0.15, 0.2) is 30.3 Å². The molecule has 25 heavy (non-hydrogen) atoms. The zero-order chi connectivity index (χ0) is 18.3. The van der Waals surface area contributed by atoms with Crippen molar-refractivity contribution in [3.05, 3.63) is 35.9 Å². The van der Waals surface area contributed by atoms with E-state index in [0.717, 1.165) is 18.4 Å². The summed E-state index contributed by atoms with van der Waals surface area (Å²) in [5.41, 5.74) is 1.13. The molecule has 0 aliphatic carbocycles. The molecule has 0 spiro atoms. The van der Waals surface area contributed by atoms with Gasteiger partial charge in [0.25, 0.3) is 0 Å². The molecule has 0 amide bonds. The molecule has 0 aliphatic rings. The summed E-state index contributed by atoms with van der Waals surface area (Å²) in [7, 11) is 0. The van der Waals surface area contributed by atoms with E-state index in [4.69, 9.17) is 9.47 Å². The summed E-state index contributed by atoms with van der Waals surface area (Å²) in [6.07, 6.45) is 12.7. The summed E-state index contributed by atoms with van der Waals surface area (Å²) < 4.78 is 12.6. The van der Waals surface area contributed by atoms with Gasteiger partial charge >= 0.3 is 0 Å². The van der Waals surface area contributed by atoms with Gasteiger partial charge in [0, 0.05) is 5.56 Å². The third kappa shape index (κ3) is 10.7. The monoisotopic (exact) mass is 348 g/mol. The average molecular weight is 349 g/mol. The Bertz CT molecular complexity index is 384. The van der Waals surface area contributed by atoms with Crippen LogP contribution in [0.4, 0.5) is 0 Å². The van der Waals surface area contributed by atoms with Gasteiger partial charge in [-0.2, -0.15) is 0 Å². The second kappa shape index (κ2) is 14.3. The minimum absolute atomic E-state index is 0.231. The van der Waals surface area contributed by atoms with Crippen molar-refractivity contribution in [3.8, 4) is 0 Å². The molecule has 0 radical (unpaired) electrons. The number of hydrogen-bond acceptors (Lipinski definition) is 2. The standard InChI is InChI=1S/C23H40O2/c1-5-7-9-12-16-20(3)24-23(22-18-14-11-15-19-22)25-21(4)17-13-10-8-6-2/h11,14-15,18-21,23H,5-10,12-13,16-17H2,1-4H3. The second-order valence-electron chi connectivity index (χ2n) is 7.33. The number of rotatable bonds is 15. The third-order valence-electron chi connectivity index (χ3n) is 4.71. The van der Waals surface area contributed by atoms with Crippen molar-refractivity contribution in [1.82, 2.24) is 0 Å². The highest BCUT2D eigenvalue weighted by Gasteiger charge is 2.19. The van der Waals surface area contributed by atoms with Gasteiger partial charge in [-0.15, -0.1) is 0 Å². The van der Waals surface area contributed by atoms with E-state index in [-0.39, 0.29) is 18.5 Å². The minimum Gasteiger partial charge on any atom is -0.345 e. The van der Waals surface area contributed by atoms with Crippen LogP contribution < -0.4 is 0 Å². The molecule has 1 aromatic rings. The second-order valence-corrected chi connectivity index (χ2v) is 7.33. The Morgan fingerprint density at radius 3 is 1.60 bits per heavy atom. The average Bonchev–Trinajstić information content (AvgIpc) is 2.62. The molecule has 2 atom stereocenters. The summed E-state index contributed by atoms with van der Waals surface area (Å²) >= 11 is 0. The van der Waals surface area contributed by atoms with Crippen LogP contribution in [0.3, 0.4) is 0 Å². The summed E-state index contributed by atoms with van der Waals surface area (Å²) in [6, 6.07) is 10.4. The highest BCUT2D eigenvalue weighted by molar-refractivity contribution is 5.16. The van der Waals surface area contributed by atoms with Gasteiger partial charge in [-0.25, -0.2) is 0 Å². The van der Waals surface area contributed by atoms with Crippen molar-refractivity contribution >= 4 is 0 Å². The lowest BCUT2D eigenvalue weighted by Crippen LogP contribution is -2.21. The number of unbranched alkanes of at least 4 members (excludes halogenated alkanes) is 6. The zero-order valence-electron chi connectivity index (χ0n) is 17.0. The lowest BCUT2D eigenvalue weighted by atomic mass is 10.1. The van der Waals surface area contributed by atoms with Crippen LogP contribution in [0.5, 0.6) is 0 Å². The molecule has 0 saturated carbocycles. The molecule has 1 rings (SSSR count). The Balaban J connectivity index is 2.49. The van der Waals surface area contributed by atoms with Crippen molar-refractivity contribution < 1.29 is 9.47 Å². The van der Waals surface area contributed by atoms with Gasteiger partial charge < -0.3 is 9.47 Å². The van der Waals surface area contributed by atoms with E-state index in [2.05, 4.69) is 52.0 Å². The lowest BCUT2D eigenvalue weighted by Gasteiger charge is -2.26. The fourth-order valence-electron chi connectivity index (χ4n) is 3.07. The van der Waals surface area contributed by atoms with Crippen molar-refractivity contribution in [2.75, 3.05) is 0 Å². The molecular formula is C23H40O2.